The zero-order valence-electron chi connectivity index (χ0n) is 17.5. The highest BCUT2D eigenvalue weighted by Crippen LogP contribution is 2.35. The van der Waals surface area contributed by atoms with E-state index < -0.39 is 0 Å². The molecule has 4 aromatic heterocycles. The van der Waals surface area contributed by atoms with E-state index in [0.717, 1.165) is 40.9 Å². The summed E-state index contributed by atoms with van der Waals surface area (Å²) in [5.74, 6) is 0.955. The van der Waals surface area contributed by atoms with E-state index >= 15 is 0 Å². The summed E-state index contributed by atoms with van der Waals surface area (Å²) in [6, 6.07) is 4.39. The van der Waals surface area contributed by atoms with Crippen molar-refractivity contribution in [2.75, 3.05) is 37.4 Å². The molecule has 4 aromatic rings. The molecule has 0 aromatic carbocycles. The van der Waals surface area contributed by atoms with Gasteiger partial charge in [0, 0.05) is 48.9 Å². The number of likely N-dealkylation sites (N-methyl/N-ethyl adjacent to an activating group) is 1. The largest absolute Gasteiger partial charge is 0.451 e. The molecular formula is C21H22N8O2. The smallest absolute Gasteiger partial charge is 0.278 e. The number of nitrogens with zero attached hydrogens (tertiary/aromatic N) is 7. The topological polar surface area (TPSA) is 105 Å². The van der Waals surface area contributed by atoms with Crippen molar-refractivity contribution in [3.05, 3.63) is 49.1 Å². The number of amides is 1. The van der Waals surface area contributed by atoms with Gasteiger partial charge in [0.2, 0.25) is 0 Å². The normalized spacial score (nSPS) is 14.3. The molecule has 1 saturated heterocycles. The van der Waals surface area contributed by atoms with Crippen LogP contribution < -0.4 is 10.2 Å². The van der Waals surface area contributed by atoms with Gasteiger partial charge in [0.25, 0.3) is 5.91 Å². The van der Waals surface area contributed by atoms with Crippen LogP contribution in [-0.4, -0.2) is 68.8 Å². The number of hydrogen-bond acceptors (Lipinski definition) is 8. The third-order valence-electron chi connectivity index (χ3n) is 5.50. The lowest BCUT2D eigenvalue weighted by molar-refractivity contribution is 0.102. The Balaban J connectivity index is 1.52. The van der Waals surface area contributed by atoms with Crippen molar-refractivity contribution in [1.82, 2.24) is 29.6 Å². The van der Waals surface area contributed by atoms with Crippen molar-refractivity contribution < 1.29 is 9.21 Å². The molecule has 0 atom stereocenters. The van der Waals surface area contributed by atoms with Gasteiger partial charge in [-0.1, -0.05) is 0 Å². The number of aromatic nitrogens is 5. The lowest BCUT2D eigenvalue weighted by atomic mass is 10.0. The highest BCUT2D eigenvalue weighted by molar-refractivity contribution is 6.03. The van der Waals surface area contributed by atoms with Crippen molar-refractivity contribution in [3.8, 4) is 11.1 Å². The molecule has 0 aliphatic carbocycles. The molecule has 31 heavy (non-hydrogen) atoms. The lowest BCUT2D eigenvalue weighted by Gasteiger charge is -2.44. The fourth-order valence-corrected chi connectivity index (χ4v) is 3.61. The Hall–Kier alpha value is -3.79. The minimum Gasteiger partial charge on any atom is -0.451 e. The van der Waals surface area contributed by atoms with Gasteiger partial charge in [-0.05, 0) is 26.2 Å². The number of nitrogens with one attached hydrogen (secondary N) is 1. The summed E-state index contributed by atoms with van der Waals surface area (Å²) in [6.07, 6.45) is 7.99. The number of carbonyl (C=O) groups excluding carboxylic acids is 1. The highest BCUT2D eigenvalue weighted by atomic mass is 16.3. The number of oxazole rings is 1. The quantitative estimate of drug-likeness (QED) is 0.525. The van der Waals surface area contributed by atoms with Gasteiger partial charge >= 0.3 is 0 Å². The molecule has 5 rings (SSSR count). The van der Waals surface area contributed by atoms with Crippen LogP contribution in [0.2, 0.25) is 0 Å². The third-order valence-corrected chi connectivity index (χ3v) is 5.50. The second-order valence-corrected chi connectivity index (χ2v) is 7.87. The molecule has 1 aliphatic rings. The molecule has 158 valence electrons. The minimum atomic E-state index is -0.382. The van der Waals surface area contributed by atoms with Gasteiger partial charge in [0.15, 0.2) is 12.1 Å². The van der Waals surface area contributed by atoms with Gasteiger partial charge in [0.05, 0.1) is 17.9 Å². The first-order chi connectivity index (χ1) is 15.0. The van der Waals surface area contributed by atoms with E-state index in [1.165, 1.54) is 12.7 Å². The van der Waals surface area contributed by atoms with Crippen LogP contribution in [-0.2, 0) is 7.05 Å². The molecule has 1 amide bonds. The third kappa shape index (κ3) is 3.61. The van der Waals surface area contributed by atoms with E-state index in [-0.39, 0.29) is 11.6 Å². The van der Waals surface area contributed by atoms with Crippen molar-refractivity contribution in [2.45, 2.75) is 6.04 Å². The standard InChI is InChI=1S/C21H22N8O2/c1-27(2)15-9-29(10-15)20-16(14-6-24-28(3)8-14)4-13-5-19(22-7-17(13)25-20)26-21(30)18-11-31-12-23-18/h4-8,11-12,15H,9-10H2,1-3H3,(H,22,26,30). The molecule has 10 heteroatoms. The predicted octanol–water partition coefficient (Wildman–Crippen LogP) is 2.02. The summed E-state index contributed by atoms with van der Waals surface area (Å²) in [5.41, 5.74) is 2.94. The van der Waals surface area contributed by atoms with Crippen LogP contribution in [0, 0.1) is 0 Å². The summed E-state index contributed by atoms with van der Waals surface area (Å²) >= 11 is 0. The zero-order chi connectivity index (χ0) is 21.5. The Labute approximate surface area is 178 Å². The summed E-state index contributed by atoms with van der Waals surface area (Å²) in [7, 11) is 6.08. The second-order valence-electron chi connectivity index (χ2n) is 7.87. The van der Waals surface area contributed by atoms with E-state index in [2.05, 4.69) is 50.3 Å². The number of rotatable bonds is 5. The van der Waals surface area contributed by atoms with Crippen molar-refractivity contribution in [2.24, 2.45) is 7.05 Å². The zero-order valence-corrected chi connectivity index (χ0v) is 17.5. The number of anilines is 2. The fraction of sp³-hybridized carbons (Fsp3) is 0.286. The van der Waals surface area contributed by atoms with Crippen molar-refractivity contribution in [1.29, 1.82) is 0 Å². The maximum Gasteiger partial charge on any atom is 0.278 e. The summed E-state index contributed by atoms with van der Waals surface area (Å²) in [5, 5.41) is 7.94. The van der Waals surface area contributed by atoms with Gasteiger partial charge in [0.1, 0.15) is 17.9 Å². The molecule has 0 saturated carbocycles. The predicted molar refractivity (Wildman–Crippen MR) is 116 cm³/mol. The first kappa shape index (κ1) is 19.2. The summed E-state index contributed by atoms with van der Waals surface area (Å²) in [6.45, 7) is 1.83. The Morgan fingerprint density at radius 1 is 1.23 bits per heavy atom. The molecule has 0 radical (unpaired) electrons. The molecule has 5 heterocycles. The Bertz CT molecular complexity index is 1240. The number of carbonyl (C=O) groups is 1. The average molecular weight is 418 g/mol. The Morgan fingerprint density at radius 2 is 2.06 bits per heavy atom. The van der Waals surface area contributed by atoms with Crippen LogP contribution in [0.15, 0.2) is 47.8 Å². The van der Waals surface area contributed by atoms with Gasteiger partial charge in [-0.15, -0.1) is 0 Å². The second kappa shape index (κ2) is 7.47. The molecule has 1 aliphatic heterocycles. The molecular weight excluding hydrogens is 396 g/mol. The van der Waals surface area contributed by atoms with Gasteiger partial charge < -0.3 is 19.5 Å². The van der Waals surface area contributed by atoms with Crippen molar-refractivity contribution >= 4 is 28.4 Å². The van der Waals surface area contributed by atoms with Crippen LogP contribution in [0.25, 0.3) is 22.0 Å². The Morgan fingerprint density at radius 3 is 2.74 bits per heavy atom. The first-order valence-electron chi connectivity index (χ1n) is 9.88. The average Bonchev–Trinajstić information content (AvgIpc) is 3.38. The first-order valence-corrected chi connectivity index (χ1v) is 9.88. The van der Waals surface area contributed by atoms with E-state index in [1.54, 1.807) is 10.9 Å². The number of pyridine rings is 2. The van der Waals surface area contributed by atoms with Crippen LogP contribution >= 0.6 is 0 Å². The highest BCUT2D eigenvalue weighted by Gasteiger charge is 2.31. The molecule has 0 unspecified atom stereocenters. The molecule has 1 fully saturated rings. The van der Waals surface area contributed by atoms with Gasteiger partial charge in [-0.2, -0.15) is 5.10 Å². The number of fused-ring (bicyclic) bond motifs is 1. The Kier molecular flexibility index (Phi) is 4.63. The summed E-state index contributed by atoms with van der Waals surface area (Å²) < 4.78 is 6.64. The minimum absolute atomic E-state index is 0.194. The van der Waals surface area contributed by atoms with Gasteiger partial charge in [-0.3, -0.25) is 9.48 Å². The van der Waals surface area contributed by atoms with E-state index in [0.29, 0.717) is 11.9 Å². The van der Waals surface area contributed by atoms with E-state index in [1.807, 2.05) is 25.5 Å². The van der Waals surface area contributed by atoms with E-state index in [4.69, 9.17) is 9.40 Å². The lowest BCUT2D eigenvalue weighted by Crippen LogP contribution is -2.57. The summed E-state index contributed by atoms with van der Waals surface area (Å²) in [4.78, 5) is 29.9. The van der Waals surface area contributed by atoms with Crippen molar-refractivity contribution in [3.63, 3.8) is 0 Å². The van der Waals surface area contributed by atoms with Gasteiger partial charge in [-0.25, -0.2) is 15.0 Å². The van der Waals surface area contributed by atoms with Crippen LogP contribution in [0.3, 0.4) is 0 Å². The monoisotopic (exact) mass is 418 g/mol. The maximum atomic E-state index is 12.3. The SMILES string of the molecule is CN(C)C1CN(c2nc3cnc(NC(=O)c4cocn4)cc3cc2-c2cnn(C)c2)C1. The van der Waals surface area contributed by atoms with Crippen LogP contribution in [0.1, 0.15) is 10.5 Å². The van der Waals surface area contributed by atoms with Crippen LogP contribution in [0.4, 0.5) is 11.6 Å². The maximum absolute atomic E-state index is 12.3. The number of hydrogen-bond donors (Lipinski definition) is 1. The molecule has 1 N–H and O–H groups in total. The van der Waals surface area contributed by atoms with Crippen LogP contribution in [0.5, 0.6) is 0 Å². The molecule has 10 nitrogen and oxygen atoms in total. The molecule has 0 bridgehead atoms. The fourth-order valence-electron chi connectivity index (χ4n) is 3.61. The molecule has 0 spiro atoms. The van der Waals surface area contributed by atoms with E-state index in [9.17, 15) is 4.79 Å². The number of aryl methyl sites for hydroxylation is 1.